The number of aliphatic carboxylic acids is 1. The van der Waals surface area contributed by atoms with E-state index >= 15 is 0 Å². The highest BCUT2D eigenvalue weighted by atomic mass is 35.5. The normalized spacial score (nSPS) is 11.0. The summed E-state index contributed by atoms with van der Waals surface area (Å²) in [5.41, 5.74) is 1.03. The maximum Gasteiger partial charge on any atom is 0.305 e. The average Bonchev–Trinajstić information content (AvgIpc) is 2.91. The van der Waals surface area contributed by atoms with E-state index in [4.69, 9.17) is 16.7 Å². The van der Waals surface area contributed by atoms with Crippen LogP contribution in [0.2, 0.25) is 5.02 Å². The minimum atomic E-state index is -0.986. The Balaban J connectivity index is 2.33. The average molecular weight is 369 g/mol. The van der Waals surface area contributed by atoms with Gasteiger partial charge in [0.05, 0.1) is 22.8 Å². The standard InChI is InChI=1S/C16H18ClFN4O3/c1-9(2)21(7-6-14(23)24)16(25)15-10(3)22(20-19-15)11-4-5-13(18)12(17)8-11/h4-5,8-9H,6-7H2,1-3H3,(H,23,24). The van der Waals surface area contributed by atoms with E-state index in [1.807, 2.05) is 0 Å². The number of hydrogen-bond donors (Lipinski definition) is 1. The molecular weight excluding hydrogens is 351 g/mol. The van der Waals surface area contributed by atoms with E-state index in [0.29, 0.717) is 11.4 Å². The number of nitrogens with zero attached hydrogens (tertiary/aromatic N) is 4. The molecule has 1 aromatic carbocycles. The van der Waals surface area contributed by atoms with Gasteiger partial charge in [-0.15, -0.1) is 5.10 Å². The van der Waals surface area contributed by atoms with E-state index in [-0.39, 0.29) is 29.7 Å². The maximum atomic E-state index is 13.3. The molecule has 0 saturated heterocycles. The smallest absolute Gasteiger partial charge is 0.305 e. The van der Waals surface area contributed by atoms with Crippen LogP contribution in [0.15, 0.2) is 18.2 Å². The lowest BCUT2D eigenvalue weighted by Crippen LogP contribution is -2.39. The molecule has 0 aliphatic heterocycles. The van der Waals surface area contributed by atoms with Crippen LogP contribution in [0.1, 0.15) is 36.5 Å². The van der Waals surface area contributed by atoms with E-state index in [2.05, 4.69) is 10.3 Å². The number of aromatic nitrogens is 3. The number of halogens is 2. The zero-order valence-corrected chi connectivity index (χ0v) is 14.8. The van der Waals surface area contributed by atoms with Crippen molar-refractivity contribution < 1.29 is 19.1 Å². The molecule has 0 fully saturated rings. The van der Waals surface area contributed by atoms with Crippen molar-refractivity contribution in [3.05, 3.63) is 40.4 Å². The van der Waals surface area contributed by atoms with E-state index in [1.165, 1.54) is 27.8 Å². The van der Waals surface area contributed by atoms with Crippen molar-refractivity contribution >= 4 is 23.5 Å². The molecule has 9 heteroatoms. The van der Waals surface area contributed by atoms with Gasteiger partial charge in [0.1, 0.15) is 5.82 Å². The quantitative estimate of drug-likeness (QED) is 0.846. The Bertz CT molecular complexity index is 807. The lowest BCUT2D eigenvalue weighted by Gasteiger charge is -2.25. The number of hydrogen-bond acceptors (Lipinski definition) is 4. The van der Waals surface area contributed by atoms with Gasteiger partial charge in [-0.05, 0) is 39.0 Å². The van der Waals surface area contributed by atoms with Crippen LogP contribution in [0.5, 0.6) is 0 Å². The Morgan fingerprint density at radius 2 is 2.08 bits per heavy atom. The number of carbonyl (C=O) groups excluding carboxylic acids is 1. The zero-order chi connectivity index (χ0) is 18.7. The minimum absolute atomic E-state index is 0.0643. The molecule has 2 aromatic rings. The highest BCUT2D eigenvalue weighted by Gasteiger charge is 2.25. The summed E-state index contributed by atoms with van der Waals surface area (Å²) in [6, 6.07) is 3.86. The van der Waals surface area contributed by atoms with Gasteiger partial charge in [-0.2, -0.15) is 0 Å². The number of carboxylic acid groups (broad SMARTS) is 1. The number of benzene rings is 1. The van der Waals surface area contributed by atoms with Crippen molar-refractivity contribution in [1.82, 2.24) is 19.9 Å². The second-order valence-corrected chi connectivity index (χ2v) is 6.18. The molecular formula is C16H18ClFN4O3. The maximum absolute atomic E-state index is 13.3. The van der Waals surface area contributed by atoms with Crippen molar-refractivity contribution in [2.24, 2.45) is 0 Å². The fourth-order valence-electron chi connectivity index (χ4n) is 2.34. The van der Waals surface area contributed by atoms with Gasteiger partial charge < -0.3 is 10.0 Å². The Labute approximate surface area is 149 Å². The Kier molecular flexibility index (Phi) is 5.73. The van der Waals surface area contributed by atoms with Gasteiger partial charge in [0.2, 0.25) is 0 Å². The molecule has 1 N–H and O–H groups in total. The fraction of sp³-hybridized carbons (Fsp3) is 0.375. The molecule has 7 nitrogen and oxygen atoms in total. The van der Waals surface area contributed by atoms with Gasteiger partial charge in [-0.1, -0.05) is 16.8 Å². The molecule has 0 radical (unpaired) electrons. The second kappa shape index (κ2) is 7.60. The number of carbonyl (C=O) groups is 2. The molecule has 25 heavy (non-hydrogen) atoms. The molecule has 0 unspecified atom stereocenters. The van der Waals surface area contributed by atoms with Crippen LogP contribution in [0.3, 0.4) is 0 Å². The van der Waals surface area contributed by atoms with Gasteiger partial charge >= 0.3 is 5.97 Å². The summed E-state index contributed by atoms with van der Waals surface area (Å²) in [6.45, 7) is 5.30. The lowest BCUT2D eigenvalue weighted by atomic mass is 10.2. The highest BCUT2D eigenvalue weighted by Crippen LogP contribution is 2.21. The summed E-state index contributed by atoms with van der Waals surface area (Å²) in [5.74, 6) is -1.95. The first kappa shape index (κ1) is 18.9. The first-order chi connectivity index (χ1) is 11.7. The van der Waals surface area contributed by atoms with E-state index < -0.39 is 17.7 Å². The van der Waals surface area contributed by atoms with Gasteiger partial charge in [-0.3, -0.25) is 9.59 Å². The number of amides is 1. The molecule has 1 heterocycles. The largest absolute Gasteiger partial charge is 0.481 e. The Morgan fingerprint density at radius 3 is 2.64 bits per heavy atom. The third-order valence-electron chi connectivity index (χ3n) is 3.70. The summed E-state index contributed by atoms with van der Waals surface area (Å²) in [5, 5.41) is 16.6. The third-order valence-corrected chi connectivity index (χ3v) is 3.99. The molecule has 0 spiro atoms. The summed E-state index contributed by atoms with van der Waals surface area (Å²) in [6.07, 6.45) is -0.162. The third kappa shape index (κ3) is 4.14. The first-order valence-electron chi connectivity index (χ1n) is 7.62. The number of rotatable bonds is 6. The topological polar surface area (TPSA) is 88.3 Å². The predicted molar refractivity (Wildman–Crippen MR) is 89.5 cm³/mol. The molecule has 0 aliphatic rings. The highest BCUT2D eigenvalue weighted by molar-refractivity contribution is 6.30. The predicted octanol–water partition coefficient (Wildman–Crippen LogP) is 2.69. The first-order valence-corrected chi connectivity index (χ1v) is 8.00. The van der Waals surface area contributed by atoms with Gasteiger partial charge in [0.15, 0.2) is 5.69 Å². The zero-order valence-electron chi connectivity index (χ0n) is 14.0. The second-order valence-electron chi connectivity index (χ2n) is 5.77. The van der Waals surface area contributed by atoms with Gasteiger partial charge in [0, 0.05) is 12.6 Å². The Morgan fingerprint density at radius 1 is 1.40 bits per heavy atom. The molecule has 1 amide bonds. The van der Waals surface area contributed by atoms with Gasteiger partial charge in [0.25, 0.3) is 5.91 Å². The Hall–Kier alpha value is -2.48. The van der Waals surface area contributed by atoms with E-state index in [1.54, 1.807) is 20.8 Å². The van der Waals surface area contributed by atoms with Crippen molar-refractivity contribution in [3.63, 3.8) is 0 Å². The van der Waals surface area contributed by atoms with Crippen LogP contribution in [0, 0.1) is 12.7 Å². The van der Waals surface area contributed by atoms with Crippen LogP contribution >= 0.6 is 11.6 Å². The molecule has 0 saturated carbocycles. The molecule has 1 aromatic heterocycles. The van der Waals surface area contributed by atoms with Crippen LogP contribution in [-0.2, 0) is 4.79 Å². The molecule has 0 bridgehead atoms. The lowest BCUT2D eigenvalue weighted by molar-refractivity contribution is -0.137. The molecule has 0 atom stereocenters. The summed E-state index contributed by atoms with van der Waals surface area (Å²) < 4.78 is 14.7. The van der Waals surface area contributed by atoms with E-state index in [9.17, 15) is 14.0 Å². The van der Waals surface area contributed by atoms with Gasteiger partial charge in [-0.25, -0.2) is 9.07 Å². The van der Waals surface area contributed by atoms with Crippen molar-refractivity contribution in [2.45, 2.75) is 33.2 Å². The van der Waals surface area contributed by atoms with Crippen LogP contribution in [-0.4, -0.2) is 49.5 Å². The van der Waals surface area contributed by atoms with Crippen molar-refractivity contribution in [2.75, 3.05) is 6.54 Å². The monoisotopic (exact) mass is 368 g/mol. The fourth-order valence-corrected chi connectivity index (χ4v) is 2.51. The summed E-state index contributed by atoms with van der Waals surface area (Å²) >= 11 is 5.78. The van der Waals surface area contributed by atoms with Crippen LogP contribution < -0.4 is 0 Å². The minimum Gasteiger partial charge on any atom is -0.481 e. The van der Waals surface area contributed by atoms with Crippen LogP contribution in [0.4, 0.5) is 4.39 Å². The molecule has 2 rings (SSSR count). The van der Waals surface area contributed by atoms with E-state index in [0.717, 1.165) is 0 Å². The molecule has 0 aliphatic carbocycles. The summed E-state index contributed by atoms with van der Waals surface area (Å²) in [4.78, 5) is 24.9. The van der Waals surface area contributed by atoms with Crippen molar-refractivity contribution in [1.29, 1.82) is 0 Å². The number of carboxylic acids is 1. The SMILES string of the molecule is Cc1c(C(=O)N(CCC(=O)O)C(C)C)nnn1-c1ccc(F)c(Cl)c1. The molecule has 134 valence electrons. The summed E-state index contributed by atoms with van der Waals surface area (Å²) in [7, 11) is 0. The van der Waals surface area contributed by atoms with Crippen LogP contribution in [0.25, 0.3) is 5.69 Å². The van der Waals surface area contributed by atoms with Crippen molar-refractivity contribution in [3.8, 4) is 5.69 Å².